The molecule has 0 aromatic heterocycles. The molecule has 6 heteroatoms. The van der Waals surface area contributed by atoms with Gasteiger partial charge in [-0.1, -0.05) is 45.4 Å². The molecule has 0 amide bonds. The second kappa shape index (κ2) is 8.04. The first-order chi connectivity index (χ1) is 17.3. The van der Waals surface area contributed by atoms with E-state index in [0.29, 0.717) is 13.0 Å². The van der Waals surface area contributed by atoms with Gasteiger partial charge in [0.2, 0.25) is 0 Å². The van der Waals surface area contributed by atoms with E-state index in [4.69, 9.17) is 18.9 Å². The minimum atomic E-state index is -1.02. The van der Waals surface area contributed by atoms with Gasteiger partial charge in [0, 0.05) is 34.1 Å². The molecule has 1 aromatic rings. The van der Waals surface area contributed by atoms with Gasteiger partial charge in [0.15, 0.2) is 6.29 Å². The minimum absolute atomic E-state index is 0.00863. The fourth-order valence-electron chi connectivity index (χ4n) is 10.0. The second-order valence-corrected chi connectivity index (χ2v) is 13.6. The van der Waals surface area contributed by atoms with Crippen LogP contribution in [0, 0.1) is 34.0 Å². The summed E-state index contributed by atoms with van der Waals surface area (Å²) in [5.41, 5.74) is 1.26. The monoisotopic (exact) mass is 512 g/mol. The Kier molecular flexibility index (Phi) is 5.61. The quantitative estimate of drug-likeness (QED) is 0.553. The second-order valence-electron chi connectivity index (χ2n) is 13.6. The van der Waals surface area contributed by atoms with E-state index in [-0.39, 0.29) is 46.9 Å². The summed E-state index contributed by atoms with van der Waals surface area (Å²) in [7, 11) is 1.67. The molecule has 6 nitrogen and oxygen atoms in total. The van der Waals surface area contributed by atoms with Crippen LogP contribution in [0.5, 0.6) is 5.75 Å². The molecular weight excluding hydrogens is 468 g/mol. The SMILES string of the molecule is COc1ccc(C2O[C@H]3C[C@H]4OC[C@@]4(C)[C@H]4[C@H](C)[C@]5(C(C)(C)O)CC(O)C(C)=C5[C@H](C)[C@H](O2)[C@]34C)cc1. The van der Waals surface area contributed by atoms with Crippen molar-refractivity contribution in [3.63, 3.8) is 0 Å². The first kappa shape index (κ1) is 25.8. The van der Waals surface area contributed by atoms with E-state index in [9.17, 15) is 10.2 Å². The predicted octanol–water partition coefficient (Wildman–Crippen LogP) is 5.03. The molecule has 5 aliphatic rings. The zero-order valence-corrected chi connectivity index (χ0v) is 23.6. The largest absolute Gasteiger partial charge is 0.497 e. The van der Waals surface area contributed by atoms with Crippen molar-refractivity contribution in [3.05, 3.63) is 41.0 Å². The van der Waals surface area contributed by atoms with Gasteiger partial charge in [-0.05, 0) is 56.7 Å². The number of benzene rings is 1. The lowest BCUT2D eigenvalue weighted by Crippen LogP contribution is -2.72. The lowest BCUT2D eigenvalue weighted by Gasteiger charge is -2.68. The fraction of sp³-hybridized carbons (Fsp3) is 0.742. The van der Waals surface area contributed by atoms with E-state index in [1.54, 1.807) is 7.11 Å². The van der Waals surface area contributed by atoms with Crippen LogP contribution in [0.15, 0.2) is 35.4 Å². The average molecular weight is 513 g/mol. The van der Waals surface area contributed by atoms with Crippen LogP contribution in [0.3, 0.4) is 0 Å². The summed E-state index contributed by atoms with van der Waals surface area (Å²) in [4.78, 5) is 0. The van der Waals surface area contributed by atoms with E-state index in [1.165, 1.54) is 5.57 Å². The Balaban J connectivity index is 1.55. The first-order valence-corrected chi connectivity index (χ1v) is 14.0. The summed E-state index contributed by atoms with van der Waals surface area (Å²) < 4.78 is 25.5. The normalized spacial score (nSPS) is 48.9. The van der Waals surface area contributed by atoms with Crippen molar-refractivity contribution in [2.45, 2.75) is 97.6 Å². The molecule has 2 heterocycles. The van der Waals surface area contributed by atoms with Gasteiger partial charge in [-0.15, -0.1) is 0 Å². The van der Waals surface area contributed by atoms with E-state index >= 15 is 0 Å². The minimum Gasteiger partial charge on any atom is -0.497 e. The number of ether oxygens (including phenoxy) is 4. The Morgan fingerprint density at radius 1 is 1.05 bits per heavy atom. The van der Waals surface area contributed by atoms with Crippen molar-refractivity contribution in [2.24, 2.45) is 34.0 Å². The molecular formula is C31H44O6. The molecule has 2 saturated heterocycles. The summed E-state index contributed by atoms with van der Waals surface area (Å²) in [6.07, 6.45) is 0.245. The van der Waals surface area contributed by atoms with Gasteiger partial charge in [0.05, 0.1) is 43.7 Å². The van der Waals surface area contributed by atoms with Crippen LogP contribution >= 0.6 is 0 Å². The van der Waals surface area contributed by atoms with Crippen LogP contribution in [0.25, 0.3) is 0 Å². The van der Waals surface area contributed by atoms with E-state index in [0.717, 1.165) is 23.3 Å². The number of hydrogen-bond acceptors (Lipinski definition) is 6. The number of hydrogen-bond donors (Lipinski definition) is 2. The Morgan fingerprint density at radius 2 is 1.73 bits per heavy atom. The number of rotatable bonds is 3. The third kappa shape index (κ3) is 3.11. The molecule has 6 rings (SSSR count). The Labute approximate surface area is 221 Å². The molecule has 2 aliphatic heterocycles. The van der Waals surface area contributed by atoms with Crippen molar-refractivity contribution in [3.8, 4) is 5.75 Å². The van der Waals surface area contributed by atoms with Crippen LogP contribution in [-0.2, 0) is 14.2 Å². The zero-order valence-electron chi connectivity index (χ0n) is 23.6. The maximum Gasteiger partial charge on any atom is 0.184 e. The Hall–Kier alpha value is -1.44. The highest BCUT2D eigenvalue weighted by Gasteiger charge is 2.75. The molecule has 2 unspecified atom stereocenters. The zero-order chi connectivity index (χ0) is 26.7. The summed E-state index contributed by atoms with van der Waals surface area (Å²) in [6, 6.07) is 7.93. The third-order valence-corrected chi connectivity index (χ3v) is 11.6. The Bertz CT molecular complexity index is 1110. The molecule has 4 fully saturated rings. The fourth-order valence-corrected chi connectivity index (χ4v) is 10.0. The summed E-state index contributed by atoms with van der Waals surface area (Å²) in [5.74, 6) is 1.09. The average Bonchev–Trinajstić information content (AvgIpc) is 3.09. The van der Waals surface area contributed by atoms with Gasteiger partial charge in [0.25, 0.3) is 0 Å². The molecule has 37 heavy (non-hydrogen) atoms. The Morgan fingerprint density at radius 3 is 2.30 bits per heavy atom. The topological polar surface area (TPSA) is 77.4 Å². The van der Waals surface area contributed by atoms with Gasteiger partial charge < -0.3 is 29.2 Å². The van der Waals surface area contributed by atoms with Crippen LogP contribution in [-0.4, -0.2) is 53.9 Å². The van der Waals surface area contributed by atoms with Crippen molar-refractivity contribution in [2.75, 3.05) is 13.7 Å². The molecule has 0 radical (unpaired) electrons. The van der Waals surface area contributed by atoms with Crippen LogP contribution in [0.2, 0.25) is 0 Å². The molecule has 3 aliphatic carbocycles. The lowest BCUT2D eigenvalue weighted by atomic mass is 9.44. The summed E-state index contributed by atoms with van der Waals surface area (Å²) >= 11 is 0. The van der Waals surface area contributed by atoms with E-state index in [1.807, 2.05) is 38.1 Å². The van der Waals surface area contributed by atoms with Crippen molar-refractivity contribution >= 4 is 0 Å². The standard InChI is InChI=1S/C31H44O6/c1-16-21(32)14-31(28(4,5)33)18(3)25-29(6)15-35-22(29)13-23-30(25,7)26(17(2)24(16)31)37-27(36-23)19-9-11-20(34-8)12-10-19/h9-12,17-18,21-23,25-27,32-33H,13-15H2,1-8H3/t17-,18-,21?,22+,23-,25+,26-,27?,29+,30+,31+/m0/s1. The van der Waals surface area contributed by atoms with Crippen molar-refractivity contribution in [1.29, 1.82) is 0 Å². The van der Waals surface area contributed by atoms with Gasteiger partial charge in [-0.25, -0.2) is 0 Å². The van der Waals surface area contributed by atoms with Gasteiger partial charge in [-0.2, -0.15) is 0 Å². The van der Waals surface area contributed by atoms with Gasteiger partial charge >= 0.3 is 0 Å². The first-order valence-electron chi connectivity index (χ1n) is 14.0. The number of fused-ring (bicyclic) bond motifs is 3. The van der Waals surface area contributed by atoms with Crippen LogP contribution in [0.1, 0.15) is 73.2 Å². The summed E-state index contributed by atoms with van der Waals surface area (Å²) in [5, 5.41) is 23.2. The van der Waals surface area contributed by atoms with Crippen molar-refractivity contribution < 1.29 is 29.2 Å². The maximum absolute atomic E-state index is 11.9. The molecule has 11 atom stereocenters. The molecule has 1 aromatic carbocycles. The van der Waals surface area contributed by atoms with Crippen molar-refractivity contribution in [1.82, 2.24) is 0 Å². The van der Waals surface area contributed by atoms with Gasteiger partial charge in [-0.3, -0.25) is 0 Å². The predicted molar refractivity (Wildman–Crippen MR) is 140 cm³/mol. The molecule has 0 spiro atoms. The number of aliphatic hydroxyl groups excluding tert-OH is 1. The summed E-state index contributed by atoms with van der Waals surface area (Å²) in [6.45, 7) is 15.9. The number of aliphatic hydroxyl groups is 2. The molecule has 0 bridgehead atoms. The number of methoxy groups -OCH3 is 1. The lowest BCUT2D eigenvalue weighted by molar-refractivity contribution is -0.381. The van der Waals surface area contributed by atoms with Gasteiger partial charge in [0.1, 0.15) is 5.75 Å². The van der Waals surface area contributed by atoms with Crippen LogP contribution < -0.4 is 4.74 Å². The highest BCUT2D eigenvalue weighted by Crippen LogP contribution is 2.73. The van der Waals surface area contributed by atoms with Crippen LogP contribution in [0.4, 0.5) is 0 Å². The molecule has 2 saturated carbocycles. The van der Waals surface area contributed by atoms with E-state index < -0.39 is 23.4 Å². The smallest absolute Gasteiger partial charge is 0.184 e. The third-order valence-electron chi connectivity index (χ3n) is 11.6. The van der Waals surface area contributed by atoms with E-state index in [2.05, 4.69) is 34.6 Å². The molecule has 204 valence electrons. The highest BCUT2D eigenvalue weighted by molar-refractivity contribution is 5.41. The maximum atomic E-state index is 11.9. The highest BCUT2D eigenvalue weighted by atomic mass is 16.7. The molecule has 2 N–H and O–H groups in total.